The van der Waals surface area contributed by atoms with E-state index in [0.717, 1.165) is 21.0 Å². The Balaban J connectivity index is 1.82. The van der Waals surface area contributed by atoms with Gasteiger partial charge in [-0.05, 0) is 74.2 Å². The van der Waals surface area contributed by atoms with Gasteiger partial charge < -0.3 is 10.2 Å². The minimum absolute atomic E-state index is 0.0101. The van der Waals surface area contributed by atoms with Gasteiger partial charge in [0, 0.05) is 24.0 Å². The molecule has 4 aromatic rings. The number of rotatable bonds is 13. The van der Waals surface area contributed by atoms with E-state index in [1.165, 1.54) is 17.0 Å². The molecule has 0 unspecified atom stereocenters. The van der Waals surface area contributed by atoms with Gasteiger partial charge in [-0.25, -0.2) is 8.42 Å². The van der Waals surface area contributed by atoms with E-state index in [1.807, 2.05) is 70.2 Å². The van der Waals surface area contributed by atoms with Gasteiger partial charge in [0.25, 0.3) is 10.0 Å². The van der Waals surface area contributed by atoms with E-state index < -0.39 is 28.5 Å². The molecule has 0 spiro atoms. The van der Waals surface area contributed by atoms with Crippen molar-refractivity contribution in [3.05, 3.63) is 130 Å². The average molecular weight is 646 g/mol. The van der Waals surface area contributed by atoms with Crippen LogP contribution in [-0.2, 0) is 32.6 Å². The highest BCUT2D eigenvalue weighted by Crippen LogP contribution is 2.27. The number of hydrogen-bond acceptors (Lipinski definition) is 4. The maximum atomic E-state index is 14.5. The Kier molecular flexibility index (Phi) is 11.4. The molecule has 1 N–H and O–H groups in total. The number of benzene rings is 4. The molecule has 0 aliphatic carbocycles. The van der Waals surface area contributed by atoms with Crippen LogP contribution in [0.4, 0.5) is 5.69 Å². The molecule has 0 saturated carbocycles. The summed E-state index contributed by atoms with van der Waals surface area (Å²) in [5, 5.41) is 3.49. The van der Waals surface area contributed by atoms with Crippen LogP contribution in [0.5, 0.6) is 0 Å². The van der Waals surface area contributed by atoms with Gasteiger partial charge in [0.2, 0.25) is 11.8 Å². The molecule has 236 valence electrons. The van der Waals surface area contributed by atoms with Gasteiger partial charge in [-0.3, -0.25) is 13.9 Å². The summed E-state index contributed by atoms with van der Waals surface area (Å²) < 4.78 is 29.4. The number of aryl methyl sites for hydroxylation is 2. The summed E-state index contributed by atoms with van der Waals surface area (Å²) in [6.07, 6.45) is 0.937. The lowest BCUT2D eigenvalue weighted by Crippen LogP contribution is -2.54. The number of nitrogens with one attached hydrogen (secondary N) is 1. The van der Waals surface area contributed by atoms with Crippen LogP contribution in [0, 0.1) is 13.8 Å². The zero-order chi connectivity index (χ0) is 32.6. The summed E-state index contributed by atoms with van der Waals surface area (Å²) in [5.41, 5.74) is 3.61. The first kappa shape index (κ1) is 33.7. The summed E-state index contributed by atoms with van der Waals surface area (Å²) in [4.78, 5) is 30.0. The molecule has 9 heteroatoms. The van der Waals surface area contributed by atoms with E-state index in [2.05, 4.69) is 5.32 Å². The Morgan fingerprint density at radius 1 is 0.844 bits per heavy atom. The number of anilines is 1. The first-order valence-corrected chi connectivity index (χ1v) is 16.8. The van der Waals surface area contributed by atoms with E-state index >= 15 is 0 Å². The molecule has 0 saturated heterocycles. The van der Waals surface area contributed by atoms with Gasteiger partial charge in [0.05, 0.1) is 10.6 Å². The van der Waals surface area contributed by atoms with Crippen molar-refractivity contribution in [2.45, 2.75) is 64.1 Å². The van der Waals surface area contributed by atoms with Crippen molar-refractivity contribution in [1.82, 2.24) is 10.2 Å². The van der Waals surface area contributed by atoms with Crippen LogP contribution in [-0.4, -0.2) is 43.8 Å². The van der Waals surface area contributed by atoms with Crippen LogP contribution in [0.2, 0.25) is 5.02 Å². The normalized spacial score (nSPS) is 12.6. The Hall–Kier alpha value is -4.14. The highest BCUT2D eigenvalue weighted by atomic mass is 35.5. The molecular formula is C36H40ClN3O4S. The van der Waals surface area contributed by atoms with Gasteiger partial charge in [-0.2, -0.15) is 0 Å². The summed E-state index contributed by atoms with van der Waals surface area (Å²) in [5.74, 6) is -0.857. The third-order valence-electron chi connectivity index (χ3n) is 7.75. The first-order valence-electron chi connectivity index (χ1n) is 15.0. The summed E-state index contributed by atoms with van der Waals surface area (Å²) >= 11 is 6.56. The van der Waals surface area contributed by atoms with E-state index in [9.17, 15) is 18.0 Å². The molecule has 0 aromatic heterocycles. The van der Waals surface area contributed by atoms with Crippen molar-refractivity contribution in [2.75, 3.05) is 10.8 Å². The lowest BCUT2D eigenvalue weighted by molar-refractivity contribution is -0.140. The Labute approximate surface area is 271 Å². The molecular weight excluding hydrogens is 606 g/mol. The quantitative estimate of drug-likeness (QED) is 0.175. The van der Waals surface area contributed by atoms with Crippen molar-refractivity contribution in [2.24, 2.45) is 0 Å². The maximum absolute atomic E-state index is 14.5. The fraction of sp³-hybridized carbons (Fsp3) is 0.278. The molecule has 2 amide bonds. The van der Waals surface area contributed by atoms with Gasteiger partial charge >= 0.3 is 0 Å². The molecule has 0 aliphatic heterocycles. The average Bonchev–Trinajstić information content (AvgIpc) is 3.02. The lowest BCUT2D eigenvalue weighted by atomic mass is 10.0. The number of nitrogens with zero attached hydrogens (tertiary/aromatic N) is 2. The van der Waals surface area contributed by atoms with Crippen molar-refractivity contribution < 1.29 is 18.0 Å². The fourth-order valence-electron chi connectivity index (χ4n) is 4.95. The van der Waals surface area contributed by atoms with Crippen molar-refractivity contribution in [1.29, 1.82) is 0 Å². The molecule has 0 radical (unpaired) electrons. The molecule has 0 heterocycles. The molecule has 7 nitrogen and oxygen atoms in total. The van der Waals surface area contributed by atoms with Gasteiger partial charge in [-0.1, -0.05) is 96.9 Å². The SMILES string of the molecule is CC[C@@H](C)NC(=O)[C@@H](Cc1ccccc1)N(Cc1ccccc1Cl)C(=O)CN(c1cccc(C)c1)S(=O)(=O)c1ccc(C)cc1. The first-order chi connectivity index (χ1) is 21.5. The van der Waals surface area contributed by atoms with E-state index in [4.69, 9.17) is 11.6 Å². The topological polar surface area (TPSA) is 86.8 Å². The van der Waals surface area contributed by atoms with Gasteiger partial charge in [-0.15, -0.1) is 0 Å². The number of carbonyl (C=O) groups is 2. The number of hydrogen-bond donors (Lipinski definition) is 1. The van der Waals surface area contributed by atoms with Crippen molar-refractivity contribution in [3.8, 4) is 0 Å². The zero-order valence-electron chi connectivity index (χ0n) is 26.1. The largest absolute Gasteiger partial charge is 0.352 e. The Morgan fingerprint density at radius 3 is 2.16 bits per heavy atom. The third kappa shape index (κ3) is 8.74. The monoisotopic (exact) mass is 645 g/mol. The summed E-state index contributed by atoms with van der Waals surface area (Å²) in [7, 11) is -4.17. The Bertz CT molecular complexity index is 1710. The van der Waals surface area contributed by atoms with Crippen molar-refractivity contribution in [3.63, 3.8) is 0 Å². The van der Waals surface area contributed by atoms with E-state index in [0.29, 0.717) is 22.7 Å². The number of halogens is 1. The second-order valence-electron chi connectivity index (χ2n) is 11.3. The van der Waals surface area contributed by atoms with Crippen LogP contribution < -0.4 is 9.62 Å². The summed E-state index contributed by atoms with van der Waals surface area (Å²) in [6, 6.07) is 29.1. The molecule has 4 aromatic carbocycles. The highest BCUT2D eigenvalue weighted by molar-refractivity contribution is 7.92. The Morgan fingerprint density at radius 2 is 1.51 bits per heavy atom. The minimum atomic E-state index is -4.17. The maximum Gasteiger partial charge on any atom is 0.264 e. The molecule has 0 bridgehead atoms. The molecule has 45 heavy (non-hydrogen) atoms. The standard InChI is InChI=1S/C36H40ClN3O4S/c1-5-28(4)38-36(42)34(23-29-13-7-6-8-14-29)39(24-30-15-9-10-17-33(30)37)35(41)25-40(31-16-11-12-27(3)22-31)45(43,44)32-20-18-26(2)19-21-32/h6-22,28,34H,5,23-25H2,1-4H3,(H,38,42)/t28-,34-/m1/s1. The molecule has 2 atom stereocenters. The third-order valence-corrected chi connectivity index (χ3v) is 9.90. The van der Waals surface area contributed by atoms with Crippen LogP contribution in [0.15, 0.2) is 108 Å². The number of sulfonamides is 1. The lowest BCUT2D eigenvalue weighted by Gasteiger charge is -2.34. The smallest absolute Gasteiger partial charge is 0.264 e. The second-order valence-corrected chi connectivity index (χ2v) is 13.6. The van der Waals surface area contributed by atoms with Crippen LogP contribution in [0.1, 0.15) is 42.5 Å². The minimum Gasteiger partial charge on any atom is -0.352 e. The van der Waals surface area contributed by atoms with Gasteiger partial charge in [0.15, 0.2) is 0 Å². The molecule has 4 rings (SSSR count). The van der Waals surface area contributed by atoms with E-state index in [1.54, 1.807) is 48.5 Å². The molecule has 0 fully saturated rings. The van der Waals surface area contributed by atoms with Crippen LogP contribution in [0.3, 0.4) is 0 Å². The number of carbonyl (C=O) groups excluding carboxylic acids is 2. The van der Waals surface area contributed by atoms with E-state index in [-0.39, 0.29) is 29.8 Å². The van der Waals surface area contributed by atoms with Crippen molar-refractivity contribution >= 4 is 39.1 Å². The van der Waals surface area contributed by atoms with Crippen LogP contribution >= 0.6 is 11.6 Å². The predicted octanol–water partition coefficient (Wildman–Crippen LogP) is 6.71. The predicted molar refractivity (Wildman–Crippen MR) is 181 cm³/mol. The zero-order valence-corrected chi connectivity index (χ0v) is 27.7. The van der Waals surface area contributed by atoms with Crippen LogP contribution in [0.25, 0.3) is 0 Å². The fourth-order valence-corrected chi connectivity index (χ4v) is 6.56. The van der Waals surface area contributed by atoms with Gasteiger partial charge in [0.1, 0.15) is 12.6 Å². The highest BCUT2D eigenvalue weighted by Gasteiger charge is 2.35. The second kappa shape index (κ2) is 15.2. The number of amides is 2. The summed E-state index contributed by atoms with van der Waals surface area (Å²) in [6.45, 7) is 7.11. The molecule has 0 aliphatic rings.